The normalized spacial score (nSPS) is 10.3. The molecule has 2 aromatic carbocycles. The van der Waals surface area contributed by atoms with E-state index >= 15 is 0 Å². The van der Waals surface area contributed by atoms with Gasteiger partial charge < -0.3 is 10.6 Å². The Morgan fingerprint density at radius 2 is 1.52 bits per heavy atom. The number of halogens is 1. The summed E-state index contributed by atoms with van der Waals surface area (Å²) in [5, 5.41) is 9.75. The number of aromatic nitrogens is 1. The molecule has 3 rings (SSSR count). The SMILES string of the molecule is CC(=O)Nc1ccc(C(=O)Nc2nc(-c3ccc(NC(C)=O)cc3F)cs2)cc1. The summed E-state index contributed by atoms with van der Waals surface area (Å²) in [6.45, 7) is 2.74. The topological polar surface area (TPSA) is 100 Å². The van der Waals surface area contributed by atoms with Gasteiger partial charge in [-0.25, -0.2) is 9.37 Å². The van der Waals surface area contributed by atoms with Crippen LogP contribution in [-0.2, 0) is 9.59 Å². The van der Waals surface area contributed by atoms with Crippen molar-refractivity contribution in [1.29, 1.82) is 0 Å². The Kier molecular flexibility index (Phi) is 5.99. The van der Waals surface area contributed by atoms with Gasteiger partial charge in [-0.05, 0) is 42.5 Å². The van der Waals surface area contributed by atoms with Gasteiger partial charge in [0.25, 0.3) is 5.91 Å². The first-order valence-electron chi connectivity index (χ1n) is 8.54. The van der Waals surface area contributed by atoms with Gasteiger partial charge in [-0.1, -0.05) is 0 Å². The Morgan fingerprint density at radius 3 is 2.14 bits per heavy atom. The van der Waals surface area contributed by atoms with Gasteiger partial charge in [-0.15, -0.1) is 11.3 Å². The molecule has 1 heterocycles. The Morgan fingerprint density at radius 1 is 0.897 bits per heavy atom. The molecule has 0 unspecified atom stereocenters. The second-order valence-corrected chi connectivity index (χ2v) is 6.98. The zero-order chi connectivity index (χ0) is 21.0. The molecular weight excluding hydrogens is 395 g/mol. The molecule has 0 aliphatic rings. The van der Waals surface area contributed by atoms with Crippen LogP contribution in [0.2, 0.25) is 0 Å². The van der Waals surface area contributed by atoms with Crippen LogP contribution in [0.4, 0.5) is 20.9 Å². The summed E-state index contributed by atoms with van der Waals surface area (Å²) >= 11 is 1.17. The standard InChI is InChI=1S/C20H17FN4O3S/c1-11(26)22-14-5-3-13(4-6-14)19(28)25-20-24-18(10-29-20)16-8-7-15(9-17(16)21)23-12(2)27/h3-10H,1-2H3,(H,22,26)(H,23,27)(H,24,25,28). The molecule has 0 saturated heterocycles. The lowest BCUT2D eigenvalue weighted by atomic mass is 10.1. The molecule has 7 nitrogen and oxygen atoms in total. The van der Waals surface area contributed by atoms with E-state index in [1.54, 1.807) is 35.7 Å². The number of thiazole rings is 1. The number of hydrogen-bond acceptors (Lipinski definition) is 5. The summed E-state index contributed by atoms with van der Waals surface area (Å²) < 4.78 is 14.3. The van der Waals surface area contributed by atoms with Crippen LogP contribution in [0.25, 0.3) is 11.3 Å². The zero-order valence-corrected chi connectivity index (χ0v) is 16.4. The van der Waals surface area contributed by atoms with Crippen molar-refractivity contribution in [3.63, 3.8) is 0 Å². The fraction of sp³-hybridized carbons (Fsp3) is 0.100. The maximum absolute atomic E-state index is 14.3. The van der Waals surface area contributed by atoms with Crippen LogP contribution in [-0.4, -0.2) is 22.7 Å². The lowest BCUT2D eigenvalue weighted by Gasteiger charge is -2.05. The quantitative estimate of drug-likeness (QED) is 0.587. The van der Waals surface area contributed by atoms with Crippen molar-refractivity contribution >= 4 is 45.6 Å². The molecule has 0 fully saturated rings. The number of nitrogens with zero attached hydrogens (tertiary/aromatic N) is 1. The maximum atomic E-state index is 14.3. The first-order chi connectivity index (χ1) is 13.8. The molecule has 3 amide bonds. The summed E-state index contributed by atoms with van der Waals surface area (Å²) in [5.41, 5.74) is 1.96. The molecule has 0 bridgehead atoms. The van der Waals surface area contributed by atoms with E-state index < -0.39 is 5.82 Å². The average molecular weight is 412 g/mol. The summed E-state index contributed by atoms with van der Waals surface area (Å²) in [6.07, 6.45) is 0. The number of hydrogen-bond donors (Lipinski definition) is 3. The van der Waals surface area contributed by atoms with Crippen LogP contribution in [0.15, 0.2) is 47.8 Å². The summed E-state index contributed by atoms with van der Waals surface area (Å²) in [5.74, 6) is -1.40. The minimum atomic E-state index is -0.534. The van der Waals surface area contributed by atoms with Crippen molar-refractivity contribution in [2.45, 2.75) is 13.8 Å². The molecule has 0 spiro atoms. The molecule has 0 aliphatic heterocycles. The van der Waals surface area contributed by atoms with Crippen molar-refractivity contribution in [3.05, 3.63) is 59.2 Å². The molecule has 3 aromatic rings. The van der Waals surface area contributed by atoms with Gasteiger partial charge >= 0.3 is 0 Å². The van der Waals surface area contributed by atoms with Crippen LogP contribution in [0.3, 0.4) is 0 Å². The Labute approximate surface area is 170 Å². The van der Waals surface area contributed by atoms with Crippen molar-refractivity contribution < 1.29 is 18.8 Å². The van der Waals surface area contributed by atoms with Gasteiger partial charge in [0, 0.05) is 41.7 Å². The Bertz CT molecular complexity index is 1080. The number of rotatable bonds is 5. The Balaban J connectivity index is 1.71. The summed E-state index contributed by atoms with van der Waals surface area (Å²) in [7, 11) is 0. The van der Waals surface area contributed by atoms with Crippen molar-refractivity contribution in [3.8, 4) is 11.3 Å². The van der Waals surface area contributed by atoms with E-state index in [9.17, 15) is 18.8 Å². The minimum absolute atomic E-state index is 0.199. The van der Waals surface area contributed by atoms with Crippen LogP contribution < -0.4 is 16.0 Å². The second-order valence-electron chi connectivity index (χ2n) is 6.13. The zero-order valence-electron chi connectivity index (χ0n) is 15.6. The molecule has 9 heteroatoms. The van der Waals surface area contributed by atoms with Crippen molar-refractivity contribution in [2.75, 3.05) is 16.0 Å². The molecular formula is C20H17FN4O3S. The smallest absolute Gasteiger partial charge is 0.257 e. The van der Waals surface area contributed by atoms with Crippen LogP contribution >= 0.6 is 11.3 Å². The highest BCUT2D eigenvalue weighted by Gasteiger charge is 2.13. The van der Waals surface area contributed by atoms with Crippen LogP contribution in [0, 0.1) is 5.82 Å². The summed E-state index contributed by atoms with van der Waals surface area (Å²) in [4.78, 5) is 38.7. The van der Waals surface area contributed by atoms with Gasteiger partial charge in [0.15, 0.2) is 5.13 Å². The first-order valence-corrected chi connectivity index (χ1v) is 9.42. The monoisotopic (exact) mass is 412 g/mol. The highest BCUT2D eigenvalue weighted by atomic mass is 32.1. The number of carbonyl (C=O) groups is 3. The number of carbonyl (C=O) groups excluding carboxylic acids is 3. The minimum Gasteiger partial charge on any atom is -0.326 e. The van der Waals surface area contributed by atoms with E-state index in [1.165, 1.54) is 37.3 Å². The molecule has 148 valence electrons. The third kappa shape index (κ3) is 5.23. The molecule has 29 heavy (non-hydrogen) atoms. The summed E-state index contributed by atoms with van der Waals surface area (Å²) in [6, 6.07) is 10.7. The predicted octanol–water partition coefficient (Wildman–Crippen LogP) is 4.12. The largest absolute Gasteiger partial charge is 0.326 e. The first kappa shape index (κ1) is 20.2. The number of amides is 3. The molecule has 0 saturated carbocycles. The second kappa shape index (κ2) is 8.61. The van der Waals surface area contributed by atoms with E-state index in [0.717, 1.165) is 0 Å². The van der Waals surface area contributed by atoms with E-state index in [2.05, 4.69) is 20.9 Å². The lowest BCUT2D eigenvalue weighted by Crippen LogP contribution is -2.12. The van der Waals surface area contributed by atoms with Gasteiger partial charge in [0.2, 0.25) is 11.8 Å². The van der Waals surface area contributed by atoms with Gasteiger partial charge in [0.1, 0.15) is 5.82 Å². The fourth-order valence-corrected chi connectivity index (χ4v) is 3.24. The molecule has 0 atom stereocenters. The van der Waals surface area contributed by atoms with Gasteiger partial charge in [-0.3, -0.25) is 19.7 Å². The Hall–Kier alpha value is -3.59. The number of benzene rings is 2. The lowest BCUT2D eigenvalue weighted by molar-refractivity contribution is -0.115. The molecule has 1 aromatic heterocycles. The highest BCUT2D eigenvalue weighted by Crippen LogP contribution is 2.29. The van der Waals surface area contributed by atoms with Gasteiger partial charge in [-0.2, -0.15) is 0 Å². The maximum Gasteiger partial charge on any atom is 0.257 e. The van der Waals surface area contributed by atoms with E-state index in [0.29, 0.717) is 27.8 Å². The van der Waals surface area contributed by atoms with Crippen molar-refractivity contribution in [2.24, 2.45) is 0 Å². The molecule has 3 N–H and O–H groups in total. The number of anilines is 3. The average Bonchev–Trinajstić information content (AvgIpc) is 3.09. The van der Waals surface area contributed by atoms with Crippen LogP contribution in [0.5, 0.6) is 0 Å². The molecule has 0 radical (unpaired) electrons. The fourth-order valence-electron chi connectivity index (χ4n) is 2.54. The van der Waals surface area contributed by atoms with Gasteiger partial charge in [0.05, 0.1) is 5.69 Å². The number of nitrogens with one attached hydrogen (secondary N) is 3. The third-order valence-corrected chi connectivity index (χ3v) is 4.52. The van der Waals surface area contributed by atoms with E-state index in [4.69, 9.17) is 0 Å². The molecule has 0 aliphatic carbocycles. The van der Waals surface area contributed by atoms with Crippen molar-refractivity contribution in [1.82, 2.24) is 4.98 Å². The van der Waals surface area contributed by atoms with E-state index in [1.807, 2.05) is 0 Å². The highest BCUT2D eigenvalue weighted by molar-refractivity contribution is 7.14. The predicted molar refractivity (Wildman–Crippen MR) is 111 cm³/mol. The van der Waals surface area contributed by atoms with E-state index in [-0.39, 0.29) is 23.3 Å². The third-order valence-electron chi connectivity index (χ3n) is 3.76. The van der Waals surface area contributed by atoms with Crippen LogP contribution in [0.1, 0.15) is 24.2 Å².